The molecule has 4 N–H and O–H groups in total. The molecule has 1 heterocycles. The Bertz CT molecular complexity index is 1370. The van der Waals surface area contributed by atoms with E-state index in [-0.39, 0.29) is 41.8 Å². The molecular weight excluding hydrogens is 556 g/mol. The standard InChI is InChI=1S/C28H33ClN4O4S2/c1-16-3-8-25-22(11-16)21(17(2)33(25)28(37)18-4-6-19(29)7-5-18)12-20(34)13-26(35)23(14-38)31-9-10-32-24(15-39)27(30)36/h3-8,11,23-24,31-32,38-39H,9-10,12-15H2,1-2H3,(H2,30,36)/t23?,24-/m0/s1. The molecule has 8 nitrogen and oxygen atoms in total. The normalized spacial score (nSPS) is 12.8. The molecule has 0 saturated carbocycles. The van der Waals surface area contributed by atoms with Gasteiger partial charge >= 0.3 is 0 Å². The van der Waals surface area contributed by atoms with Crippen LogP contribution in [-0.2, 0) is 20.8 Å². The summed E-state index contributed by atoms with van der Waals surface area (Å²) < 4.78 is 1.61. The van der Waals surface area contributed by atoms with Crippen LogP contribution in [0.5, 0.6) is 0 Å². The molecule has 0 fully saturated rings. The number of hydrogen-bond acceptors (Lipinski definition) is 8. The molecule has 1 aromatic heterocycles. The van der Waals surface area contributed by atoms with Gasteiger partial charge < -0.3 is 16.4 Å². The third-order valence-electron chi connectivity index (χ3n) is 6.53. The summed E-state index contributed by atoms with van der Waals surface area (Å²) in [4.78, 5) is 50.7. The largest absolute Gasteiger partial charge is 0.368 e. The SMILES string of the molecule is Cc1ccc2c(c1)c(CC(=O)CC(=O)C(CS)NCCN[C@@H](CS)C(N)=O)c(C)n2C(=O)c1ccc(Cl)cc1. The maximum Gasteiger partial charge on any atom is 0.262 e. The first-order valence-electron chi connectivity index (χ1n) is 12.5. The lowest BCUT2D eigenvalue weighted by atomic mass is 9.99. The van der Waals surface area contributed by atoms with Crippen LogP contribution < -0.4 is 16.4 Å². The fraction of sp³-hybridized carbons (Fsp3) is 0.357. The van der Waals surface area contributed by atoms with Crippen LogP contribution in [0, 0.1) is 13.8 Å². The molecular formula is C28H33ClN4O4S2. The molecule has 3 aromatic rings. The third-order valence-corrected chi connectivity index (χ3v) is 7.52. The van der Waals surface area contributed by atoms with E-state index >= 15 is 0 Å². The van der Waals surface area contributed by atoms with E-state index in [9.17, 15) is 19.2 Å². The minimum atomic E-state index is -0.627. The van der Waals surface area contributed by atoms with Crippen LogP contribution in [0.15, 0.2) is 42.5 Å². The number of nitrogens with zero attached hydrogens (tertiary/aromatic N) is 1. The Balaban J connectivity index is 1.74. The number of aryl methyl sites for hydroxylation is 1. The van der Waals surface area contributed by atoms with Crippen molar-refractivity contribution in [1.82, 2.24) is 15.2 Å². The van der Waals surface area contributed by atoms with Gasteiger partial charge in [-0.3, -0.25) is 23.7 Å². The fourth-order valence-electron chi connectivity index (χ4n) is 4.41. The zero-order chi connectivity index (χ0) is 28.7. The van der Waals surface area contributed by atoms with Crippen molar-refractivity contribution in [2.24, 2.45) is 5.73 Å². The molecule has 2 aromatic carbocycles. The number of halogens is 1. The van der Waals surface area contributed by atoms with Gasteiger partial charge in [-0.05, 0) is 55.8 Å². The van der Waals surface area contributed by atoms with E-state index in [1.165, 1.54) is 0 Å². The van der Waals surface area contributed by atoms with Gasteiger partial charge in [-0.2, -0.15) is 25.3 Å². The first-order chi connectivity index (χ1) is 18.6. The van der Waals surface area contributed by atoms with Crippen molar-refractivity contribution in [1.29, 1.82) is 0 Å². The number of fused-ring (bicyclic) bond motifs is 1. The van der Waals surface area contributed by atoms with Crippen molar-refractivity contribution in [2.75, 3.05) is 24.6 Å². The van der Waals surface area contributed by atoms with Crippen molar-refractivity contribution in [3.63, 3.8) is 0 Å². The van der Waals surface area contributed by atoms with E-state index in [2.05, 4.69) is 35.9 Å². The van der Waals surface area contributed by atoms with Crippen LogP contribution in [0.3, 0.4) is 0 Å². The van der Waals surface area contributed by atoms with Gasteiger partial charge in [0.25, 0.3) is 5.91 Å². The van der Waals surface area contributed by atoms with Crippen molar-refractivity contribution in [2.45, 2.75) is 38.8 Å². The van der Waals surface area contributed by atoms with Crippen molar-refractivity contribution < 1.29 is 19.2 Å². The lowest BCUT2D eigenvalue weighted by Gasteiger charge is -2.17. The molecule has 0 aliphatic heterocycles. The molecule has 0 spiro atoms. The lowest BCUT2D eigenvalue weighted by molar-refractivity contribution is -0.127. The van der Waals surface area contributed by atoms with Gasteiger partial charge in [0.2, 0.25) is 5.91 Å². The number of nitrogens with two attached hydrogens (primary N) is 1. The number of thiol groups is 2. The number of benzene rings is 2. The number of aromatic nitrogens is 1. The number of ketones is 2. The summed E-state index contributed by atoms with van der Waals surface area (Å²) in [6.07, 6.45) is -0.253. The Labute approximate surface area is 243 Å². The predicted octanol–water partition coefficient (Wildman–Crippen LogP) is 2.93. The highest BCUT2D eigenvalue weighted by Crippen LogP contribution is 2.29. The first kappa shape index (κ1) is 30.9. The highest BCUT2D eigenvalue weighted by molar-refractivity contribution is 7.80. The monoisotopic (exact) mass is 588 g/mol. The fourth-order valence-corrected chi connectivity index (χ4v) is 5.18. The Hall–Kier alpha value is -2.63. The molecule has 0 aliphatic carbocycles. The zero-order valence-corrected chi connectivity index (χ0v) is 24.4. The summed E-state index contributed by atoms with van der Waals surface area (Å²) in [5.74, 6) is -0.773. The van der Waals surface area contributed by atoms with Gasteiger partial charge in [0.05, 0.1) is 24.0 Å². The molecule has 1 unspecified atom stereocenters. The number of amides is 1. The predicted molar refractivity (Wildman–Crippen MR) is 161 cm³/mol. The number of rotatable bonds is 14. The average Bonchev–Trinajstić information content (AvgIpc) is 3.16. The second-order valence-corrected chi connectivity index (χ2v) is 10.5. The molecule has 0 bridgehead atoms. The summed E-state index contributed by atoms with van der Waals surface area (Å²) in [6.45, 7) is 4.52. The minimum absolute atomic E-state index is 0.0154. The van der Waals surface area contributed by atoms with Gasteiger partial charge in [0.15, 0.2) is 5.78 Å². The number of carbonyl (C=O) groups excluding carboxylic acids is 4. The van der Waals surface area contributed by atoms with Crippen LogP contribution in [0.4, 0.5) is 0 Å². The third kappa shape index (κ3) is 7.73. The minimum Gasteiger partial charge on any atom is -0.368 e. The number of nitrogens with one attached hydrogen (secondary N) is 2. The summed E-state index contributed by atoms with van der Waals surface area (Å²) in [7, 11) is 0. The molecule has 3 rings (SSSR count). The first-order valence-corrected chi connectivity index (χ1v) is 14.1. The van der Waals surface area contributed by atoms with Crippen molar-refractivity contribution in [3.8, 4) is 0 Å². The van der Waals surface area contributed by atoms with Crippen LogP contribution >= 0.6 is 36.9 Å². The molecule has 39 heavy (non-hydrogen) atoms. The topological polar surface area (TPSA) is 123 Å². The molecule has 1 amide bonds. The smallest absolute Gasteiger partial charge is 0.262 e. The quantitative estimate of drug-likeness (QED) is 0.112. The van der Waals surface area contributed by atoms with Crippen LogP contribution in [-0.4, -0.2) is 64.6 Å². The highest BCUT2D eigenvalue weighted by atomic mass is 35.5. The second-order valence-electron chi connectivity index (χ2n) is 9.37. The summed E-state index contributed by atoms with van der Waals surface area (Å²) in [6, 6.07) is 11.2. The van der Waals surface area contributed by atoms with E-state index in [0.717, 1.165) is 16.5 Å². The van der Waals surface area contributed by atoms with Crippen LogP contribution in [0.1, 0.15) is 33.6 Å². The maximum absolute atomic E-state index is 13.4. The van der Waals surface area contributed by atoms with Crippen LogP contribution in [0.25, 0.3) is 10.9 Å². The number of Topliss-reactive ketones (excluding diaryl/α,β-unsaturated/α-hetero) is 2. The van der Waals surface area contributed by atoms with Gasteiger partial charge in [0, 0.05) is 52.7 Å². The maximum atomic E-state index is 13.4. The summed E-state index contributed by atoms with van der Waals surface area (Å²) in [5.41, 5.74) is 8.83. The Morgan fingerprint density at radius 2 is 1.56 bits per heavy atom. The second kappa shape index (κ2) is 14.1. The molecule has 11 heteroatoms. The molecule has 2 atom stereocenters. The summed E-state index contributed by atoms with van der Waals surface area (Å²) >= 11 is 14.3. The molecule has 0 radical (unpaired) electrons. The van der Waals surface area contributed by atoms with Gasteiger partial charge in [-0.1, -0.05) is 23.2 Å². The van der Waals surface area contributed by atoms with Gasteiger partial charge in [-0.15, -0.1) is 0 Å². The highest BCUT2D eigenvalue weighted by Gasteiger charge is 2.24. The van der Waals surface area contributed by atoms with Crippen LogP contribution in [0.2, 0.25) is 5.02 Å². The average molecular weight is 589 g/mol. The lowest BCUT2D eigenvalue weighted by Crippen LogP contribution is -2.47. The number of carbonyl (C=O) groups is 4. The zero-order valence-electron chi connectivity index (χ0n) is 21.9. The van der Waals surface area contributed by atoms with E-state index in [4.69, 9.17) is 17.3 Å². The molecule has 0 saturated heterocycles. The van der Waals surface area contributed by atoms with Crippen molar-refractivity contribution in [3.05, 3.63) is 69.9 Å². The number of hydrogen-bond donors (Lipinski definition) is 5. The Morgan fingerprint density at radius 1 is 0.949 bits per heavy atom. The number of primary amides is 1. The Morgan fingerprint density at radius 3 is 2.15 bits per heavy atom. The summed E-state index contributed by atoms with van der Waals surface area (Å²) in [5, 5.41) is 7.37. The van der Waals surface area contributed by atoms with E-state index in [1.54, 1.807) is 28.8 Å². The van der Waals surface area contributed by atoms with Gasteiger partial charge in [0.1, 0.15) is 5.78 Å². The Kier molecular flexibility index (Phi) is 11.2. The van der Waals surface area contributed by atoms with E-state index in [0.29, 0.717) is 34.9 Å². The van der Waals surface area contributed by atoms with Gasteiger partial charge in [-0.25, -0.2) is 0 Å². The molecule has 208 valence electrons. The molecule has 0 aliphatic rings. The van der Waals surface area contributed by atoms with Crippen molar-refractivity contribution >= 4 is 71.1 Å². The van der Waals surface area contributed by atoms with E-state index in [1.807, 2.05) is 32.0 Å². The van der Waals surface area contributed by atoms with E-state index < -0.39 is 18.0 Å².